The fourth-order valence-corrected chi connectivity index (χ4v) is 5.82. The first-order valence-electron chi connectivity index (χ1n) is 13.1. The monoisotopic (exact) mass is 530 g/mol. The Morgan fingerprint density at radius 3 is 2.45 bits per heavy atom. The van der Waals surface area contributed by atoms with Crippen LogP contribution in [0.4, 0.5) is 5.69 Å². The van der Waals surface area contributed by atoms with Crippen molar-refractivity contribution in [3.05, 3.63) is 84.6 Å². The van der Waals surface area contributed by atoms with Crippen LogP contribution < -0.4 is 15.0 Å². The van der Waals surface area contributed by atoms with E-state index < -0.39 is 0 Å². The maximum absolute atomic E-state index is 12.6. The molecule has 1 N–H and O–H groups in total. The van der Waals surface area contributed by atoms with E-state index in [2.05, 4.69) is 61.8 Å². The van der Waals surface area contributed by atoms with Crippen molar-refractivity contribution in [3.8, 4) is 34.2 Å². The van der Waals surface area contributed by atoms with Crippen LogP contribution >= 0.6 is 0 Å². The lowest BCUT2D eigenvalue weighted by atomic mass is 10.00. The number of pyridine rings is 2. The van der Waals surface area contributed by atoms with Gasteiger partial charge in [0, 0.05) is 85.0 Å². The van der Waals surface area contributed by atoms with Gasteiger partial charge < -0.3 is 15.0 Å². The molecule has 1 saturated heterocycles. The molecule has 7 rings (SSSR count). The number of carbonyl (C=O) groups is 1. The van der Waals surface area contributed by atoms with Crippen LogP contribution in [0.5, 0.6) is 5.88 Å². The molecular formula is C30H26N8O2. The zero-order valence-corrected chi connectivity index (χ0v) is 22.0. The van der Waals surface area contributed by atoms with Gasteiger partial charge in [0.05, 0.1) is 36.1 Å². The molecule has 1 aromatic carbocycles. The fraction of sp³-hybridized carbons (Fsp3) is 0.233. The van der Waals surface area contributed by atoms with Crippen LogP contribution in [0.3, 0.4) is 0 Å². The summed E-state index contributed by atoms with van der Waals surface area (Å²) in [5, 5.41) is 21.6. The molecule has 5 heterocycles. The van der Waals surface area contributed by atoms with Crippen LogP contribution in [0.15, 0.2) is 73.4 Å². The molecular weight excluding hydrogens is 504 g/mol. The SMILES string of the molecule is COc1ccc(C(=O)NC2C3CN(c4ccc(-c5cc(-c6cnn(C)c6)cn6ncc(C#N)c56)cc4)CC32)cn1. The Bertz CT molecular complexity index is 1770. The minimum absolute atomic E-state index is 0.0955. The average Bonchev–Trinajstić information content (AvgIpc) is 3.44. The van der Waals surface area contributed by atoms with Gasteiger partial charge in [-0.15, -0.1) is 0 Å². The number of nitrogens with zero attached hydrogens (tertiary/aromatic N) is 7. The van der Waals surface area contributed by atoms with Crippen LogP contribution in [0.2, 0.25) is 0 Å². The lowest BCUT2D eigenvalue weighted by Gasteiger charge is -2.23. The van der Waals surface area contributed by atoms with Crippen LogP contribution in [0.25, 0.3) is 27.8 Å². The van der Waals surface area contributed by atoms with Gasteiger partial charge in [0.25, 0.3) is 5.91 Å². The summed E-state index contributed by atoms with van der Waals surface area (Å²) < 4.78 is 8.61. The van der Waals surface area contributed by atoms with Crippen molar-refractivity contribution in [1.82, 2.24) is 29.7 Å². The van der Waals surface area contributed by atoms with E-state index in [4.69, 9.17) is 4.74 Å². The fourth-order valence-electron chi connectivity index (χ4n) is 5.82. The normalized spacial score (nSPS) is 19.3. The first kappa shape index (κ1) is 23.9. The van der Waals surface area contributed by atoms with Gasteiger partial charge in [-0.3, -0.25) is 9.48 Å². The Hall–Kier alpha value is -5.17. The molecule has 2 fully saturated rings. The molecule has 1 aliphatic carbocycles. The number of benzene rings is 1. The number of carbonyl (C=O) groups excluding carboxylic acids is 1. The highest BCUT2D eigenvalue weighted by molar-refractivity contribution is 5.94. The maximum Gasteiger partial charge on any atom is 0.253 e. The largest absolute Gasteiger partial charge is 0.481 e. The smallest absolute Gasteiger partial charge is 0.253 e. The summed E-state index contributed by atoms with van der Waals surface area (Å²) in [6.07, 6.45) is 8.87. The number of methoxy groups -OCH3 is 1. The summed E-state index contributed by atoms with van der Waals surface area (Å²) in [7, 11) is 3.44. The molecule has 10 nitrogen and oxygen atoms in total. The second kappa shape index (κ2) is 9.24. The van der Waals surface area contributed by atoms with E-state index in [0.29, 0.717) is 28.8 Å². The van der Waals surface area contributed by atoms with Crippen LogP contribution in [0.1, 0.15) is 15.9 Å². The maximum atomic E-state index is 12.6. The summed E-state index contributed by atoms with van der Waals surface area (Å²) in [5.74, 6) is 1.27. The number of hydrogen-bond acceptors (Lipinski definition) is 7. The predicted octanol–water partition coefficient (Wildman–Crippen LogP) is 3.54. The number of ether oxygens (including phenoxy) is 1. The third-order valence-electron chi connectivity index (χ3n) is 8.01. The zero-order valence-electron chi connectivity index (χ0n) is 22.0. The molecule has 0 bridgehead atoms. The Balaban J connectivity index is 1.08. The van der Waals surface area contributed by atoms with Crippen LogP contribution in [0, 0.1) is 23.2 Å². The molecule has 198 valence electrons. The molecule has 1 aliphatic heterocycles. The van der Waals surface area contributed by atoms with Crippen molar-refractivity contribution in [2.45, 2.75) is 6.04 Å². The summed E-state index contributed by atoms with van der Waals surface area (Å²) >= 11 is 0. The van der Waals surface area contributed by atoms with Crippen molar-refractivity contribution in [1.29, 1.82) is 5.26 Å². The molecule has 40 heavy (non-hydrogen) atoms. The Labute approximate surface area is 230 Å². The van der Waals surface area contributed by atoms with Gasteiger partial charge in [0.15, 0.2) is 0 Å². The number of fused-ring (bicyclic) bond motifs is 2. The number of nitriles is 1. The van der Waals surface area contributed by atoms with Gasteiger partial charge in [0.1, 0.15) is 6.07 Å². The molecule has 1 amide bonds. The van der Waals surface area contributed by atoms with Gasteiger partial charge in [-0.05, 0) is 29.8 Å². The molecule has 1 saturated carbocycles. The van der Waals surface area contributed by atoms with Gasteiger partial charge in [-0.1, -0.05) is 12.1 Å². The molecule has 0 spiro atoms. The Morgan fingerprint density at radius 1 is 1.00 bits per heavy atom. The van der Waals surface area contributed by atoms with E-state index in [1.165, 1.54) is 0 Å². The number of aromatic nitrogens is 5. The van der Waals surface area contributed by atoms with Crippen molar-refractivity contribution in [2.24, 2.45) is 18.9 Å². The quantitative estimate of drug-likeness (QED) is 0.357. The molecule has 0 radical (unpaired) electrons. The Morgan fingerprint density at radius 2 is 1.80 bits per heavy atom. The second-order valence-electron chi connectivity index (χ2n) is 10.4. The minimum atomic E-state index is -0.0955. The van der Waals surface area contributed by atoms with Gasteiger partial charge >= 0.3 is 0 Å². The third-order valence-corrected chi connectivity index (χ3v) is 8.01. The van der Waals surface area contributed by atoms with E-state index in [1.807, 2.05) is 25.6 Å². The highest BCUT2D eigenvalue weighted by Gasteiger charge is 2.56. The van der Waals surface area contributed by atoms with E-state index in [-0.39, 0.29) is 11.9 Å². The Kier molecular flexibility index (Phi) is 5.52. The molecule has 2 unspecified atom stereocenters. The molecule has 5 aromatic rings. The molecule has 10 heteroatoms. The van der Waals surface area contributed by atoms with Gasteiger partial charge in [-0.2, -0.15) is 15.5 Å². The van der Waals surface area contributed by atoms with Gasteiger partial charge in [0.2, 0.25) is 5.88 Å². The van der Waals surface area contributed by atoms with Gasteiger partial charge in [-0.25, -0.2) is 9.50 Å². The summed E-state index contributed by atoms with van der Waals surface area (Å²) in [4.78, 5) is 19.1. The van der Waals surface area contributed by atoms with Crippen molar-refractivity contribution in [3.63, 3.8) is 0 Å². The topological polar surface area (TPSA) is 113 Å². The number of hydrogen-bond donors (Lipinski definition) is 1. The number of amides is 1. The zero-order chi connectivity index (χ0) is 27.4. The van der Waals surface area contributed by atoms with Crippen molar-refractivity contribution in [2.75, 3.05) is 25.1 Å². The van der Waals surface area contributed by atoms with E-state index in [9.17, 15) is 10.1 Å². The number of piperidine rings is 1. The van der Waals surface area contributed by atoms with Crippen molar-refractivity contribution < 1.29 is 9.53 Å². The summed E-state index contributed by atoms with van der Waals surface area (Å²) in [5.41, 5.74) is 6.93. The number of nitrogens with one attached hydrogen (secondary N) is 1. The third kappa shape index (κ3) is 4.03. The summed E-state index contributed by atoms with van der Waals surface area (Å²) in [6.45, 7) is 1.80. The molecule has 2 aliphatic rings. The molecule has 2 atom stereocenters. The van der Waals surface area contributed by atoms with Crippen molar-refractivity contribution >= 4 is 17.1 Å². The lowest BCUT2D eigenvalue weighted by molar-refractivity contribution is 0.0946. The van der Waals surface area contributed by atoms with Crippen LogP contribution in [-0.2, 0) is 7.05 Å². The van der Waals surface area contributed by atoms with E-state index in [1.54, 1.807) is 40.8 Å². The number of aryl methyl sites for hydroxylation is 1. The summed E-state index contributed by atoms with van der Waals surface area (Å²) in [6, 6.07) is 16.5. The highest BCUT2D eigenvalue weighted by atomic mass is 16.5. The average molecular weight is 531 g/mol. The van der Waals surface area contributed by atoms with Crippen LogP contribution in [-0.4, -0.2) is 56.5 Å². The van der Waals surface area contributed by atoms with E-state index >= 15 is 0 Å². The lowest BCUT2D eigenvalue weighted by Crippen LogP contribution is -2.34. The molecule has 4 aromatic heterocycles. The standard InChI is InChI=1S/C30H26N8O2/c1-36-14-22(13-33-36)20-9-24(29-21(10-31)12-34-38(29)15-20)18-3-6-23(7-4-18)37-16-25-26(17-37)28(25)35-30(39)19-5-8-27(40-2)32-11-19/h3-9,11-15,25-26,28H,16-17H2,1-2H3,(H,35,39). The second-order valence-corrected chi connectivity index (χ2v) is 10.4. The first-order chi connectivity index (χ1) is 19.5. The highest BCUT2D eigenvalue weighted by Crippen LogP contribution is 2.47. The number of rotatable bonds is 6. The predicted molar refractivity (Wildman–Crippen MR) is 149 cm³/mol. The van der Waals surface area contributed by atoms with E-state index in [0.717, 1.165) is 46.5 Å². The first-order valence-corrected chi connectivity index (χ1v) is 13.1. The minimum Gasteiger partial charge on any atom is -0.481 e. The number of anilines is 1.